The second-order valence-electron chi connectivity index (χ2n) is 7.29. The smallest absolute Gasteiger partial charge is 0.263 e. The van der Waals surface area contributed by atoms with E-state index in [4.69, 9.17) is 4.74 Å². The van der Waals surface area contributed by atoms with Crippen molar-refractivity contribution >= 4 is 22.9 Å². The number of fused-ring (bicyclic) bond motifs is 1. The molecule has 0 unspecified atom stereocenters. The molecule has 1 aromatic carbocycles. The Morgan fingerprint density at radius 1 is 1.21 bits per heavy atom. The first-order valence-corrected chi connectivity index (χ1v) is 8.94. The summed E-state index contributed by atoms with van der Waals surface area (Å²) in [5.74, 6) is 0.840. The van der Waals surface area contributed by atoms with Crippen LogP contribution >= 0.6 is 0 Å². The summed E-state index contributed by atoms with van der Waals surface area (Å²) in [5, 5.41) is 10.6. The van der Waals surface area contributed by atoms with E-state index in [9.17, 15) is 9.59 Å². The Balaban J connectivity index is 1.62. The summed E-state index contributed by atoms with van der Waals surface area (Å²) in [7, 11) is 1.57. The zero-order valence-corrected chi connectivity index (χ0v) is 16.4. The monoisotopic (exact) mass is 384 g/mol. The Morgan fingerprint density at radius 2 is 1.93 bits per heavy atom. The number of benzene rings is 1. The zero-order chi connectivity index (χ0) is 20.3. The third kappa shape index (κ3) is 4.13. The lowest BCUT2D eigenvalue weighted by Crippen LogP contribution is -2.29. The molecule has 1 amide bonds. The Morgan fingerprint density at radius 3 is 2.57 bits per heavy atom. The van der Waals surface area contributed by atoms with E-state index in [-0.39, 0.29) is 17.0 Å². The van der Waals surface area contributed by atoms with Gasteiger partial charge in [0.2, 0.25) is 5.95 Å². The zero-order valence-electron chi connectivity index (χ0n) is 16.4. The van der Waals surface area contributed by atoms with Crippen LogP contribution in [0, 0.1) is 0 Å². The molecule has 0 saturated carbocycles. The maximum absolute atomic E-state index is 12.2. The third-order valence-electron chi connectivity index (χ3n) is 4.13. The highest BCUT2D eigenvalue weighted by Gasteiger charge is 2.19. The molecule has 0 spiro atoms. The number of H-pyrrole nitrogens is 1. The van der Waals surface area contributed by atoms with Crippen LogP contribution < -0.4 is 20.9 Å². The van der Waals surface area contributed by atoms with Gasteiger partial charge < -0.3 is 15.4 Å². The molecule has 9 heteroatoms. The summed E-state index contributed by atoms with van der Waals surface area (Å²) >= 11 is 0. The van der Waals surface area contributed by atoms with Gasteiger partial charge in [0, 0.05) is 18.7 Å². The first kappa shape index (κ1) is 19.4. The van der Waals surface area contributed by atoms with Crippen molar-refractivity contribution in [3.63, 3.8) is 0 Å². The highest BCUT2D eigenvalue weighted by Crippen LogP contribution is 2.18. The average Bonchev–Trinajstić information content (AvgIpc) is 3.10. The topological polar surface area (TPSA) is 114 Å². The number of hydrogen-bond donors (Lipinski definition) is 3. The summed E-state index contributed by atoms with van der Waals surface area (Å²) < 4.78 is 6.79. The second kappa shape index (κ2) is 7.71. The number of hydrogen-bond acceptors (Lipinski definition) is 6. The molecular weight excluding hydrogens is 360 g/mol. The van der Waals surface area contributed by atoms with E-state index in [1.165, 1.54) is 6.20 Å². The molecule has 0 aliphatic heterocycles. The molecule has 0 aliphatic rings. The molecule has 2 heterocycles. The molecule has 3 rings (SSSR count). The lowest BCUT2D eigenvalue weighted by Gasteiger charge is -2.19. The van der Waals surface area contributed by atoms with Gasteiger partial charge in [-0.3, -0.25) is 14.6 Å². The van der Waals surface area contributed by atoms with Crippen molar-refractivity contribution < 1.29 is 9.53 Å². The minimum absolute atomic E-state index is 0.188. The predicted octanol–water partition coefficient (Wildman–Crippen LogP) is 1.73. The normalized spacial score (nSPS) is 11.4. The molecule has 3 N–H and O–H groups in total. The summed E-state index contributed by atoms with van der Waals surface area (Å²) in [6, 6.07) is 6.86. The number of amides is 1. The van der Waals surface area contributed by atoms with E-state index in [2.05, 4.69) is 25.7 Å². The number of aromatic amines is 1. The summed E-state index contributed by atoms with van der Waals surface area (Å²) in [6.45, 7) is 6.74. The lowest BCUT2D eigenvalue weighted by molar-refractivity contribution is 0.0955. The fraction of sp³-hybridized carbons (Fsp3) is 0.368. The van der Waals surface area contributed by atoms with Gasteiger partial charge in [-0.15, -0.1) is 0 Å². The van der Waals surface area contributed by atoms with E-state index < -0.39 is 0 Å². The molecule has 0 radical (unpaired) electrons. The van der Waals surface area contributed by atoms with Crippen molar-refractivity contribution in [1.82, 2.24) is 25.1 Å². The summed E-state index contributed by atoms with van der Waals surface area (Å²) in [6.07, 6.45) is 1.52. The molecular formula is C19H24N6O3. The summed E-state index contributed by atoms with van der Waals surface area (Å²) in [5.41, 5.74) is 0.501. The molecule has 0 saturated heterocycles. The number of nitrogens with zero attached hydrogens (tertiary/aromatic N) is 3. The Kier molecular flexibility index (Phi) is 5.34. The van der Waals surface area contributed by atoms with Crippen molar-refractivity contribution in [2.24, 2.45) is 0 Å². The van der Waals surface area contributed by atoms with E-state index in [0.717, 1.165) is 0 Å². The Hall–Kier alpha value is -3.36. The standard InChI is InChI=1S/C19H24N6O3/c1-19(2,3)25-15-14(11-22-25)17(27)24-18(23-15)21-10-9-20-16(26)12-5-7-13(28-4)8-6-12/h5-8,11H,9-10H2,1-4H3,(H,20,26)(H2,21,23,24,27). The number of nitrogens with one attached hydrogen (secondary N) is 3. The van der Waals surface area contributed by atoms with Crippen molar-refractivity contribution in [1.29, 1.82) is 0 Å². The van der Waals surface area contributed by atoms with Gasteiger partial charge in [-0.1, -0.05) is 0 Å². The molecule has 0 fully saturated rings. The van der Waals surface area contributed by atoms with Gasteiger partial charge in [0.1, 0.15) is 11.1 Å². The van der Waals surface area contributed by atoms with Gasteiger partial charge in [0.05, 0.1) is 18.8 Å². The van der Waals surface area contributed by atoms with Crippen LogP contribution in [-0.4, -0.2) is 45.9 Å². The number of carbonyl (C=O) groups is 1. The number of carbonyl (C=O) groups excluding carboxylic acids is 1. The van der Waals surface area contributed by atoms with E-state index in [1.807, 2.05) is 20.8 Å². The lowest BCUT2D eigenvalue weighted by atomic mass is 10.1. The minimum Gasteiger partial charge on any atom is -0.497 e. The van der Waals surface area contributed by atoms with Crippen LogP contribution in [0.5, 0.6) is 5.75 Å². The average molecular weight is 384 g/mol. The highest BCUT2D eigenvalue weighted by atomic mass is 16.5. The van der Waals surface area contributed by atoms with Crippen LogP contribution in [-0.2, 0) is 5.54 Å². The van der Waals surface area contributed by atoms with Gasteiger partial charge in [-0.25, -0.2) is 4.68 Å². The van der Waals surface area contributed by atoms with Crippen LogP contribution in [0.3, 0.4) is 0 Å². The van der Waals surface area contributed by atoms with Crippen LogP contribution in [0.4, 0.5) is 5.95 Å². The first-order valence-electron chi connectivity index (χ1n) is 8.94. The van der Waals surface area contributed by atoms with Crippen molar-refractivity contribution in [3.8, 4) is 5.75 Å². The molecule has 2 aromatic heterocycles. The van der Waals surface area contributed by atoms with Crippen molar-refractivity contribution in [2.45, 2.75) is 26.3 Å². The van der Waals surface area contributed by atoms with Gasteiger partial charge in [-0.2, -0.15) is 10.1 Å². The van der Waals surface area contributed by atoms with Gasteiger partial charge >= 0.3 is 0 Å². The Bertz CT molecular complexity index is 1030. The van der Waals surface area contributed by atoms with E-state index in [1.54, 1.807) is 36.1 Å². The fourth-order valence-electron chi connectivity index (χ4n) is 2.69. The molecule has 0 atom stereocenters. The summed E-state index contributed by atoms with van der Waals surface area (Å²) in [4.78, 5) is 31.5. The predicted molar refractivity (Wildman–Crippen MR) is 107 cm³/mol. The van der Waals surface area contributed by atoms with Crippen LogP contribution in [0.2, 0.25) is 0 Å². The van der Waals surface area contributed by atoms with E-state index >= 15 is 0 Å². The Labute approximate surface area is 162 Å². The van der Waals surface area contributed by atoms with Crippen LogP contribution in [0.1, 0.15) is 31.1 Å². The van der Waals surface area contributed by atoms with Crippen LogP contribution in [0.15, 0.2) is 35.3 Å². The maximum Gasteiger partial charge on any atom is 0.263 e. The molecule has 28 heavy (non-hydrogen) atoms. The molecule has 9 nitrogen and oxygen atoms in total. The van der Waals surface area contributed by atoms with Crippen LogP contribution in [0.25, 0.3) is 11.0 Å². The highest BCUT2D eigenvalue weighted by molar-refractivity contribution is 5.94. The second-order valence-corrected chi connectivity index (χ2v) is 7.29. The molecule has 3 aromatic rings. The molecule has 148 valence electrons. The molecule has 0 bridgehead atoms. The third-order valence-corrected chi connectivity index (χ3v) is 4.13. The number of aromatic nitrogens is 4. The minimum atomic E-state index is -0.299. The fourth-order valence-corrected chi connectivity index (χ4v) is 2.69. The van der Waals surface area contributed by atoms with Crippen molar-refractivity contribution in [2.75, 3.05) is 25.5 Å². The number of anilines is 1. The first-order chi connectivity index (χ1) is 13.3. The van der Waals surface area contributed by atoms with Gasteiger partial charge in [0.25, 0.3) is 11.5 Å². The van der Waals surface area contributed by atoms with Gasteiger partial charge in [0.15, 0.2) is 5.65 Å². The maximum atomic E-state index is 12.2. The van der Waals surface area contributed by atoms with E-state index in [0.29, 0.717) is 41.4 Å². The van der Waals surface area contributed by atoms with Crippen molar-refractivity contribution in [3.05, 3.63) is 46.4 Å². The number of ether oxygens (including phenoxy) is 1. The largest absolute Gasteiger partial charge is 0.497 e. The number of rotatable bonds is 6. The quantitative estimate of drug-likeness (QED) is 0.558. The van der Waals surface area contributed by atoms with Gasteiger partial charge in [-0.05, 0) is 45.0 Å². The number of methoxy groups -OCH3 is 1. The SMILES string of the molecule is COc1ccc(C(=O)NCCNc2nc3c(cnn3C(C)(C)C)c(=O)[nH]2)cc1. The molecule has 0 aliphatic carbocycles.